The summed E-state index contributed by atoms with van der Waals surface area (Å²) in [6.07, 6.45) is 7.16. The predicted molar refractivity (Wildman–Crippen MR) is 172 cm³/mol. The second kappa shape index (κ2) is 15.3. The Balaban J connectivity index is 1.48. The van der Waals surface area contributed by atoms with E-state index in [9.17, 15) is 29.4 Å². The number of ether oxygens (including phenoxy) is 3. The number of ketones is 1. The van der Waals surface area contributed by atoms with Crippen LogP contribution in [0.15, 0.2) is 30.3 Å². The van der Waals surface area contributed by atoms with Crippen LogP contribution in [-0.2, 0) is 19.1 Å². The van der Waals surface area contributed by atoms with E-state index in [1.54, 1.807) is 37.3 Å². The smallest absolute Gasteiger partial charge is 0.342 e. The Hall–Kier alpha value is -4.58. The average Bonchev–Trinajstić information content (AvgIpc) is 3.48. The Kier molecular flexibility index (Phi) is 11.0. The van der Waals surface area contributed by atoms with Crippen molar-refractivity contribution in [3.8, 4) is 23.0 Å². The minimum atomic E-state index is -0.877. The van der Waals surface area contributed by atoms with Crippen molar-refractivity contribution in [2.75, 3.05) is 26.4 Å². The van der Waals surface area contributed by atoms with Crippen molar-refractivity contribution >= 4 is 29.6 Å². The van der Waals surface area contributed by atoms with Gasteiger partial charge in [-0.25, -0.2) is 4.79 Å². The standard InChI is InChI=1S/C35H43N3O9/c1-21-6-5-9-25(39)8-4-2-3-7-23-16-27(40)33(34(43)32(23)35(44)47-21)26(22-10-11-28-29(17-22)46-20-45-28)18-31(42)37-24-12-14-38(15-13-24)19-30(36)41/h3,7,10-11,16-17,21,24,26,40,43H,2,4-6,8-9,12-15,18-20H2,1H3,(H2,36,41)(H,37,42)/t21-,26?/m0/s1. The Morgan fingerprint density at radius 2 is 1.79 bits per heavy atom. The predicted octanol–water partition coefficient (Wildman–Crippen LogP) is 3.90. The number of nitrogens with zero attached hydrogens (tertiary/aromatic N) is 1. The number of carbonyl (C=O) groups excluding carboxylic acids is 4. The molecule has 1 unspecified atom stereocenters. The molecule has 3 heterocycles. The fraction of sp³-hybridized carbons (Fsp3) is 0.486. The van der Waals surface area contributed by atoms with Gasteiger partial charge in [0.05, 0.1) is 12.6 Å². The highest BCUT2D eigenvalue weighted by molar-refractivity contribution is 5.98. The molecule has 2 aromatic carbocycles. The molecule has 1 saturated heterocycles. The second-order valence-corrected chi connectivity index (χ2v) is 12.5. The van der Waals surface area contributed by atoms with Crippen LogP contribution in [0.25, 0.3) is 6.08 Å². The number of cyclic esters (lactones) is 1. The van der Waals surface area contributed by atoms with Crippen molar-refractivity contribution in [1.29, 1.82) is 0 Å². The van der Waals surface area contributed by atoms with Gasteiger partial charge in [0.1, 0.15) is 22.8 Å². The maximum atomic E-state index is 13.6. The lowest BCUT2D eigenvalue weighted by molar-refractivity contribution is -0.123. The number of fused-ring (bicyclic) bond motifs is 2. The molecule has 0 aliphatic carbocycles. The van der Waals surface area contributed by atoms with Gasteiger partial charge < -0.3 is 35.5 Å². The third-order valence-corrected chi connectivity index (χ3v) is 8.92. The number of carbonyl (C=O) groups is 4. The van der Waals surface area contributed by atoms with E-state index in [4.69, 9.17) is 19.9 Å². The Morgan fingerprint density at radius 3 is 2.55 bits per heavy atom. The van der Waals surface area contributed by atoms with Gasteiger partial charge in [0, 0.05) is 49.9 Å². The van der Waals surface area contributed by atoms with Gasteiger partial charge in [-0.1, -0.05) is 18.2 Å². The van der Waals surface area contributed by atoms with Crippen LogP contribution < -0.4 is 20.5 Å². The summed E-state index contributed by atoms with van der Waals surface area (Å²) in [4.78, 5) is 52.6. The molecule has 252 valence electrons. The van der Waals surface area contributed by atoms with E-state index >= 15 is 0 Å². The Morgan fingerprint density at radius 1 is 1.04 bits per heavy atom. The number of Topliss-reactive ketones (excluding diaryl/α,β-unsaturated/α-hetero) is 1. The number of likely N-dealkylation sites (tertiary alicyclic amines) is 1. The zero-order valence-electron chi connectivity index (χ0n) is 26.7. The second-order valence-electron chi connectivity index (χ2n) is 12.5. The van der Waals surface area contributed by atoms with Gasteiger partial charge in [-0.05, 0) is 74.8 Å². The molecule has 3 aliphatic rings. The van der Waals surface area contributed by atoms with Gasteiger partial charge in [-0.15, -0.1) is 0 Å². The molecule has 0 aromatic heterocycles. The van der Waals surface area contributed by atoms with E-state index in [0.717, 1.165) is 0 Å². The molecule has 5 N–H and O–H groups in total. The molecule has 0 spiro atoms. The number of piperidine rings is 1. The number of nitrogens with two attached hydrogens (primary N) is 1. The van der Waals surface area contributed by atoms with E-state index in [1.807, 2.05) is 4.90 Å². The summed E-state index contributed by atoms with van der Waals surface area (Å²) in [5.41, 5.74) is 6.06. The first kappa shape index (κ1) is 33.8. The number of primary amides is 1. The number of phenols is 2. The summed E-state index contributed by atoms with van der Waals surface area (Å²) in [5, 5.41) is 26.3. The van der Waals surface area contributed by atoms with Crippen molar-refractivity contribution in [2.45, 2.75) is 82.8 Å². The first-order valence-corrected chi connectivity index (χ1v) is 16.3. The number of rotatable bonds is 7. The summed E-state index contributed by atoms with van der Waals surface area (Å²) in [5.74, 6) is -1.97. The third-order valence-electron chi connectivity index (χ3n) is 8.92. The number of aromatic hydroxyl groups is 2. The first-order chi connectivity index (χ1) is 22.6. The molecular formula is C35H43N3O9. The summed E-state index contributed by atoms with van der Waals surface area (Å²) in [6, 6.07) is 6.41. The van der Waals surface area contributed by atoms with Crippen molar-refractivity contribution in [1.82, 2.24) is 10.2 Å². The number of allylic oxidation sites excluding steroid dienone is 1. The number of nitrogens with one attached hydrogen (secondary N) is 1. The van der Waals surface area contributed by atoms with Crippen LogP contribution in [0.3, 0.4) is 0 Å². The number of hydrogen-bond donors (Lipinski definition) is 4. The monoisotopic (exact) mass is 649 g/mol. The highest BCUT2D eigenvalue weighted by atomic mass is 16.7. The number of amides is 2. The molecule has 12 heteroatoms. The van der Waals surface area contributed by atoms with Crippen molar-refractivity contribution in [3.63, 3.8) is 0 Å². The van der Waals surface area contributed by atoms with Crippen LogP contribution in [0, 0.1) is 0 Å². The molecule has 1 fully saturated rings. The lowest BCUT2D eigenvalue weighted by Crippen LogP contribution is -2.46. The lowest BCUT2D eigenvalue weighted by Gasteiger charge is -2.32. The van der Waals surface area contributed by atoms with E-state index in [1.165, 1.54) is 6.07 Å². The molecular weight excluding hydrogens is 606 g/mol. The number of benzene rings is 2. The van der Waals surface area contributed by atoms with Crippen LogP contribution in [-0.4, -0.2) is 77.3 Å². The van der Waals surface area contributed by atoms with Gasteiger partial charge >= 0.3 is 5.97 Å². The number of phenolic OH excluding ortho intramolecular Hbond substituents is 2. The molecule has 0 radical (unpaired) electrons. The largest absolute Gasteiger partial charge is 0.507 e. The summed E-state index contributed by atoms with van der Waals surface area (Å²) in [6.45, 7) is 3.16. The van der Waals surface area contributed by atoms with Gasteiger partial charge in [0.25, 0.3) is 0 Å². The van der Waals surface area contributed by atoms with E-state index < -0.39 is 29.6 Å². The van der Waals surface area contributed by atoms with Crippen molar-refractivity contribution in [3.05, 3.63) is 52.6 Å². The fourth-order valence-corrected chi connectivity index (χ4v) is 6.46. The highest BCUT2D eigenvalue weighted by Gasteiger charge is 2.32. The van der Waals surface area contributed by atoms with Crippen LogP contribution in [0.1, 0.15) is 97.7 Å². The zero-order valence-corrected chi connectivity index (χ0v) is 26.7. The summed E-state index contributed by atoms with van der Waals surface area (Å²) < 4.78 is 16.8. The van der Waals surface area contributed by atoms with Crippen LogP contribution in [0.5, 0.6) is 23.0 Å². The summed E-state index contributed by atoms with van der Waals surface area (Å²) >= 11 is 0. The molecule has 0 bridgehead atoms. The zero-order chi connectivity index (χ0) is 33.5. The van der Waals surface area contributed by atoms with Gasteiger partial charge in [0.15, 0.2) is 11.5 Å². The van der Waals surface area contributed by atoms with Crippen molar-refractivity contribution in [2.24, 2.45) is 5.73 Å². The molecule has 3 aliphatic heterocycles. The topological polar surface area (TPSA) is 178 Å². The Bertz CT molecular complexity index is 1530. The quantitative estimate of drug-likeness (QED) is 0.322. The van der Waals surface area contributed by atoms with Gasteiger partial charge in [0.2, 0.25) is 18.6 Å². The van der Waals surface area contributed by atoms with Crippen LogP contribution in [0.4, 0.5) is 0 Å². The molecule has 47 heavy (non-hydrogen) atoms. The van der Waals surface area contributed by atoms with E-state index in [-0.39, 0.29) is 59.9 Å². The fourth-order valence-electron chi connectivity index (χ4n) is 6.46. The molecule has 2 atom stereocenters. The summed E-state index contributed by atoms with van der Waals surface area (Å²) in [7, 11) is 0. The van der Waals surface area contributed by atoms with Crippen molar-refractivity contribution < 1.29 is 43.6 Å². The molecule has 5 rings (SSSR count). The highest BCUT2D eigenvalue weighted by Crippen LogP contribution is 2.46. The molecule has 12 nitrogen and oxygen atoms in total. The molecule has 2 aromatic rings. The minimum absolute atomic E-state index is 0.0127. The molecule has 0 saturated carbocycles. The third kappa shape index (κ3) is 8.62. The van der Waals surface area contributed by atoms with Crippen LogP contribution >= 0.6 is 0 Å². The maximum absolute atomic E-state index is 13.6. The van der Waals surface area contributed by atoms with Gasteiger partial charge in [-0.3, -0.25) is 19.3 Å². The first-order valence-electron chi connectivity index (χ1n) is 16.3. The minimum Gasteiger partial charge on any atom is -0.507 e. The normalized spacial score (nSPS) is 20.1. The number of esters is 1. The Labute approximate surface area is 273 Å². The SMILES string of the molecule is C[C@H]1CCCC(=O)CCCC=Cc2cc(O)c(C(CC(=O)NC3CCN(CC(N)=O)CC3)c3ccc4c(c3)OCO4)c(O)c2C(=O)O1. The van der Waals surface area contributed by atoms with E-state index in [0.29, 0.717) is 81.5 Å². The average molecular weight is 650 g/mol. The lowest BCUT2D eigenvalue weighted by atomic mass is 9.84. The van der Waals surface area contributed by atoms with E-state index in [2.05, 4.69) is 5.32 Å². The molecule has 2 amide bonds. The van der Waals surface area contributed by atoms with Crippen LogP contribution in [0.2, 0.25) is 0 Å². The number of hydrogen-bond acceptors (Lipinski definition) is 10. The maximum Gasteiger partial charge on any atom is 0.342 e. The van der Waals surface area contributed by atoms with Gasteiger partial charge in [-0.2, -0.15) is 0 Å².